The summed E-state index contributed by atoms with van der Waals surface area (Å²) in [5.74, 6) is 1.17. The number of carbonyl (C=O) groups excluding carboxylic acids is 1. The van der Waals surface area contributed by atoms with E-state index >= 15 is 0 Å². The molecule has 0 atom stereocenters. The molecular formula is C22H21N3O3. The molecule has 0 aliphatic carbocycles. The molecule has 3 aromatic rings. The Bertz CT molecular complexity index is 1010. The maximum Gasteiger partial charge on any atom is 0.273 e. The van der Waals surface area contributed by atoms with Crippen molar-refractivity contribution in [2.45, 2.75) is 13.3 Å². The van der Waals surface area contributed by atoms with E-state index in [0.29, 0.717) is 30.2 Å². The Labute approximate surface area is 163 Å². The molecule has 1 aromatic heterocycles. The normalized spacial score (nSPS) is 13.7. The molecule has 6 nitrogen and oxygen atoms in total. The molecule has 0 bridgehead atoms. The Hall–Kier alpha value is -3.54. The van der Waals surface area contributed by atoms with E-state index in [-0.39, 0.29) is 5.91 Å². The summed E-state index contributed by atoms with van der Waals surface area (Å²) in [6, 6.07) is 16.9. The number of fused-ring (bicyclic) bond motifs is 1. The van der Waals surface area contributed by atoms with Crippen LogP contribution in [0.1, 0.15) is 29.3 Å². The van der Waals surface area contributed by atoms with Crippen LogP contribution in [0, 0.1) is 0 Å². The molecule has 2 heterocycles. The topological polar surface area (TPSA) is 64.9 Å². The zero-order chi connectivity index (χ0) is 19.3. The maximum absolute atomic E-state index is 12.7. The fourth-order valence-corrected chi connectivity index (χ4v) is 3.03. The van der Waals surface area contributed by atoms with Gasteiger partial charge in [-0.25, -0.2) is 5.43 Å². The molecule has 1 aliphatic heterocycles. The number of hydrogen-bond acceptors (Lipinski definition) is 4. The lowest BCUT2D eigenvalue weighted by Gasteiger charge is -2.11. The Morgan fingerprint density at radius 3 is 2.57 bits per heavy atom. The third-order valence-corrected chi connectivity index (χ3v) is 4.52. The molecule has 2 aromatic carbocycles. The van der Waals surface area contributed by atoms with Crippen LogP contribution in [0.15, 0.2) is 72.1 Å². The van der Waals surface area contributed by atoms with Gasteiger partial charge < -0.3 is 14.0 Å². The van der Waals surface area contributed by atoms with Crippen LogP contribution in [-0.2, 0) is 0 Å². The van der Waals surface area contributed by atoms with E-state index in [9.17, 15) is 4.79 Å². The second kappa shape index (κ2) is 8.00. The molecule has 0 unspecified atom stereocenters. The van der Waals surface area contributed by atoms with Crippen molar-refractivity contribution in [2.75, 3.05) is 13.2 Å². The second-order valence-electron chi connectivity index (χ2n) is 6.46. The third kappa shape index (κ3) is 3.76. The van der Waals surface area contributed by atoms with Crippen LogP contribution in [0.5, 0.6) is 11.5 Å². The second-order valence-corrected chi connectivity index (χ2v) is 6.46. The number of nitrogens with zero attached hydrogens (tertiary/aromatic N) is 2. The zero-order valence-corrected chi connectivity index (χ0v) is 15.6. The number of para-hydroxylation sites is 1. The van der Waals surface area contributed by atoms with E-state index in [0.717, 1.165) is 23.4 Å². The first-order valence-corrected chi connectivity index (χ1v) is 9.19. The Kier molecular flexibility index (Phi) is 5.10. The van der Waals surface area contributed by atoms with Gasteiger partial charge in [-0.15, -0.1) is 0 Å². The monoisotopic (exact) mass is 375 g/mol. The average Bonchev–Trinajstić information content (AvgIpc) is 3.17. The van der Waals surface area contributed by atoms with Gasteiger partial charge in [-0.05, 0) is 49.4 Å². The summed E-state index contributed by atoms with van der Waals surface area (Å²) in [6.45, 7) is 3.12. The number of hydrazone groups is 1. The summed E-state index contributed by atoms with van der Waals surface area (Å²) in [5.41, 5.74) is 5.55. The average molecular weight is 375 g/mol. The molecule has 1 aliphatic rings. The summed E-state index contributed by atoms with van der Waals surface area (Å²) >= 11 is 0. The first kappa shape index (κ1) is 17.9. The highest BCUT2D eigenvalue weighted by Gasteiger charge is 2.13. The number of aromatic nitrogens is 1. The Morgan fingerprint density at radius 2 is 1.75 bits per heavy atom. The number of hydrogen-bond donors (Lipinski definition) is 1. The van der Waals surface area contributed by atoms with Crippen LogP contribution in [-0.4, -0.2) is 29.4 Å². The molecule has 142 valence electrons. The van der Waals surface area contributed by atoms with E-state index < -0.39 is 0 Å². The molecule has 0 fully saturated rings. The SMILES string of the molecule is C/C(=N/NC(=O)c1ccccc1-n1cccc1)c1ccc2c(c1)OCCCO2. The number of rotatable bonds is 4. The minimum Gasteiger partial charge on any atom is -0.490 e. The molecule has 4 rings (SSSR count). The van der Waals surface area contributed by atoms with E-state index in [1.54, 1.807) is 6.07 Å². The van der Waals surface area contributed by atoms with E-state index in [1.807, 2.05) is 72.4 Å². The quantitative estimate of drug-likeness (QED) is 0.557. The van der Waals surface area contributed by atoms with Gasteiger partial charge in [-0.2, -0.15) is 5.10 Å². The lowest BCUT2D eigenvalue weighted by Crippen LogP contribution is -2.21. The van der Waals surface area contributed by atoms with Gasteiger partial charge in [0.2, 0.25) is 0 Å². The van der Waals surface area contributed by atoms with Crippen molar-refractivity contribution < 1.29 is 14.3 Å². The van der Waals surface area contributed by atoms with Crippen LogP contribution in [0.3, 0.4) is 0 Å². The summed E-state index contributed by atoms with van der Waals surface area (Å²) in [6.07, 6.45) is 4.66. The fourth-order valence-electron chi connectivity index (χ4n) is 3.03. The zero-order valence-electron chi connectivity index (χ0n) is 15.6. The van der Waals surface area contributed by atoms with Crippen molar-refractivity contribution in [3.05, 3.63) is 78.1 Å². The van der Waals surface area contributed by atoms with Gasteiger partial charge in [0.05, 0.1) is 30.2 Å². The van der Waals surface area contributed by atoms with Crippen molar-refractivity contribution in [2.24, 2.45) is 5.10 Å². The number of benzene rings is 2. The predicted octanol–water partition coefficient (Wildman–Crippen LogP) is 3.79. The molecule has 6 heteroatoms. The van der Waals surface area contributed by atoms with Gasteiger partial charge in [0.1, 0.15) is 0 Å². The Balaban J connectivity index is 1.53. The number of amides is 1. The van der Waals surface area contributed by atoms with Crippen molar-refractivity contribution in [3.63, 3.8) is 0 Å². The van der Waals surface area contributed by atoms with Gasteiger partial charge in [0.25, 0.3) is 5.91 Å². The van der Waals surface area contributed by atoms with Crippen LogP contribution in [0.25, 0.3) is 5.69 Å². The first-order chi connectivity index (χ1) is 13.7. The third-order valence-electron chi connectivity index (χ3n) is 4.52. The highest BCUT2D eigenvalue weighted by Crippen LogP contribution is 2.30. The lowest BCUT2D eigenvalue weighted by molar-refractivity contribution is 0.0955. The van der Waals surface area contributed by atoms with Crippen LogP contribution in [0.2, 0.25) is 0 Å². The predicted molar refractivity (Wildman–Crippen MR) is 107 cm³/mol. The van der Waals surface area contributed by atoms with E-state index in [4.69, 9.17) is 9.47 Å². The number of nitrogens with one attached hydrogen (secondary N) is 1. The summed E-state index contributed by atoms with van der Waals surface area (Å²) < 4.78 is 13.3. The van der Waals surface area contributed by atoms with Gasteiger partial charge in [-0.1, -0.05) is 12.1 Å². The molecule has 0 saturated heterocycles. The van der Waals surface area contributed by atoms with Gasteiger partial charge in [0, 0.05) is 24.4 Å². The smallest absolute Gasteiger partial charge is 0.273 e. The van der Waals surface area contributed by atoms with Crippen LogP contribution < -0.4 is 14.9 Å². The number of carbonyl (C=O) groups is 1. The van der Waals surface area contributed by atoms with Gasteiger partial charge in [0.15, 0.2) is 11.5 Å². The van der Waals surface area contributed by atoms with Gasteiger partial charge in [-0.3, -0.25) is 4.79 Å². The standard InChI is InChI=1S/C22H21N3O3/c1-16(17-9-10-20-21(15-17)28-14-6-13-27-20)23-24-22(26)18-7-2-3-8-19(18)25-11-4-5-12-25/h2-5,7-12,15H,6,13-14H2,1H3,(H,24,26)/b23-16-. The molecule has 1 amide bonds. The highest BCUT2D eigenvalue weighted by molar-refractivity contribution is 6.02. The molecule has 0 radical (unpaired) electrons. The van der Waals surface area contributed by atoms with Crippen LogP contribution >= 0.6 is 0 Å². The molecule has 28 heavy (non-hydrogen) atoms. The maximum atomic E-state index is 12.7. The summed E-state index contributed by atoms with van der Waals surface area (Å²) in [4.78, 5) is 12.7. The van der Waals surface area contributed by atoms with Crippen molar-refractivity contribution in [3.8, 4) is 17.2 Å². The highest BCUT2D eigenvalue weighted by atomic mass is 16.5. The van der Waals surface area contributed by atoms with E-state index in [1.165, 1.54) is 0 Å². The van der Waals surface area contributed by atoms with Crippen molar-refractivity contribution in [1.82, 2.24) is 9.99 Å². The number of ether oxygens (including phenoxy) is 2. The lowest BCUT2D eigenvalue weighted by atomic mass is 10.1. The summed E-state index contributed by atoms with van der Waals surface area (Å²) in [5, 5.41) is 4.28. The fraction of sp³-hybridized carbons (Fsp3) is 0.182. The van der Waals surface area contributed by atoms with E-state index in [2.05, 4.69) is 10.5 Å². The first-order valence-electron chi connectivity index (χ1n) is 9.19. The molecular weight excluding hydrogens is 354 g/mol. The molecule has 0 spiro atoms. The Morgan fingerprint density at radius 1 is 1.00 bits per heavy atom. The van der Waals surface area contributed by atoms with Gasteiger partial charge >= 0.3 is 0 Å². The summed E-state index contributed by atoms with van der Waals surface area (Å²) in [7, 11) is 0. The molecule has 1 N–H and O–H groups in total. The minimum absolute atomic E-state index is 0.266. The minimum atomic E-state index is -0.266. The van der Waals surface area contributed by atoms with Crippen molar-refractivity contribution in [1.29, 1.82) is 0 Å². The largest absolute Gasteiger partial charge is 0.490 e. The van der Waals surface area contributed by atoms with Crippen molar-refractivity contribution >= 4 is 11.6 Å². The van der Waals surface area contributed by atoms with Crippen LogP contribution in [0.4, 0.5) is 0 Å². The molecule has 0 saturated carbocycles.